The van der Waals surface area contributed by atoms with Crippen LogP contribution in [-0.2, 0) is 26.7 Å². The molecule has 0 unspecified atom stereocenters. The van der Waals surface area contributed by atoms with Gasteiger partial charge in [0.25, 0.3) is 5.91 Å². The second-order valence-corrected chi connectivity index (χ2v) is 13.5. The number of amides is 2. The number of hydrogen-bond donors (Lipinski definition) is 2. The topological polar surface area (TPSA) is 108 Å². The first-order valence-corrected chi connectivity index (χ1v) is 17.0. The Balaban J connectivity index is 1.44. The van der Waals surface area contributed by atoms with Crippen LogP contribution in [0, 0.1) is 6.92 Å². The minimum atomic E-state index is -5.07. The third-order valence-electron chi connectivity index (χ3n) is 8.06. The second kappa shape index (κ2) is 16.1. The molecule has 2 N–H and O–H groups in total. The van der Waals surface area contributed by atoms with Crippen molar-refractivity contribution in [3.05, 3.63) is 87.3 Å². The van der Waals surface area contributed by atoms with E-state index in [-0.39, 0.29) is 62.9 Å². The third-order valence-corrected chi connectivity index (χ3v) is 9.43. The Morgan fingerprint density at radius 1 is 0.981 bits per heavy atom. The van der Waals surface area contributed by atoms with E-state index >= 15 is 0 Å². The number of carbonyl (C=O) groups is 3. The number of aromatic carboxylic acids is 1. The molecule has 2 aliphatic rings. The van der Waals surface area contributed by atoms with Gasteiger partial charge in [-0.1, -0.05) is 24.0 Å². The highest BCUT2D eigenvalue weighted by Gasteiger charge is 2.38. The lowest BCUT2D eigenvalue weighted by Gasteiger charge is -2.27. The summed E-state index contributed by atoms with van der Waals surface area (Å²) in [7, 11) is 0. The summed E-state index contributed by atoms with van der Waals surface area (Å²) < 4.78 is 94.7. The van der Waals surface area contributed by atoms with Crippen LogP contribution in [0.5, 0.6) is 5.75 Å². The average molecular weight is 768 g/mol. The number of hydrogen-bond acceptors (Lipinski definition) is 8. The Hall–Kier alpha value is -4.45. The maximum absolute atomic E-state index is 13.8. The number of aryl methyl sites for hydroxylation is 1. The molecule has 17 heteroatoms. The summed E-state index contributed by atoms with van der Waals surface area (Å²) in [5.74, 6) is -2.18. The molecule has 0 atom stereocenters. The Kier molecular flexibility index (Phi) is 12.0. The minimum absolute atomic E-state index is 0.0233. The summed E-state index contributed by atoms with van der Waals surface area (Å²) in [5, 5.41) is 11.7. The number of carboxylic acids is 1. The number of thiocarbonyl (C=S) groups is 1. The minimum Gasteiger partial charge on any atom is -0.491 e. The largest absolute Gasteiger partial charge is 0.491 e. The number of carbonyl (C=O) groups excluding carboxylic acids is 2. The van der Waals surface area contributed by atoms with Crippen molar-refractivity contribution in [1.29, 1.82) is 0 Å². The van der Waals surface area contributed by atoms with Gasteiger partial charge in [0.15, 0.2) is 0 Å². The van der Waals surface area contributed by atoms with Crippen molar-refractivity contribution in [3.8, 4) is 16.9 Å². The number of rotatable bonds is 11. The molecule has 2 amide bonds. The fourth-order valence-corrected chi connectivity index (χ4v) is 6.76. The van der Waals surface area contributed by atoms with Gasteiger partial charge in [-0.05, 0) is 78.7 Å². The lowest BCUT2D eigenvalue weighted by molar-refractivity contribution is -0.143. The smallest absolute Gasteiger partial charge is 0.416 e. The van der Waals surface area contributed by atoms with E-state index in [9.17, 15) is 40.7 Å². The molecule has 0 aromatic heterocycles. The number of alkyl halides is 6. The van der Waals surface area contributed by atoms with Crippen LogP contribution in [-0.4, -0.2) is 83.0 Å². The standard InChI is InChI=1S/C35H31F6N3O6S2/c1-20-14-23(18-28-31(46)44(33(51)52-28)7-6-29(45)42-26-4-2-21(3-5-26)32(47)48)30(50-13-10-43-8-11-49-12-9-43)27(15-20)22-16-24(34(36,37)38)19-25(17-22)35(39,40)41/h2-5,14-19H,6-13H2,1H3,(H,42,45)(H,47,48). The maximum atomic E-state index is 13.8. The molecule has 0 bridgehead atoms. The molecule has 5 rings (SSSR count). The third kappa shape index (κ3) is 9.70. The van der Waals surface area contributed by atoms with Gasteiger partial charge in [-0.3, -0.25) is 19.4 Å². The highest BCUT2D eigenvalue weighted by molar-refractivity contribution is 8.26. The summed E-state index contributed by atoms with van der Waals surface area (Å²) in [6, 6.07) is 9.83. The van der Waals surface area contributed by atoms with Crippen molar-refractivity contribution in [2.24, 2.45) is 0 Å². The molecule has 276 valence electrons. The molecule has 0 spiro atoms. The number of nitrogens with zero attached hydrogens (tertiary/aromatic N) is 2. The maximum Gasteiger partial charge on any atom is 0.416 e. The molecule has 9 nitrogen and oxygen atoms in total. The van der Waals surface area contributed by atoms with Gasteiger partial charge in [-0.15, -0.1) is 0 Å². The number of carboxylic acid groups (broad SMARTS) is 1. The number of anilines is 1. The monoisotopic (exact) mass is 767 g/mol. The molecule has 3 aromatic rings. The van der Waals surface area contributed by atoms with Crippen molar-refractivity contribution in [2.45, 2.75) is 25.7 Å². The van der Waals surface area contributed by atoms with E-state index in [0.717, 1.165) is 11.8 Å². The molecule has 2 saturated heterocycles. The number of halogens is 6. The van der Waals surface area contributed by atoms with Gasteiger partial charge < -0.3 is 19.9 Å². The van der Waals surface area contributed by atoms with Crippen molar-refractivity contribution < 1.29 is 55.3 Å². The Bertz CT molecular complexity index is 1860. The summed E-state index contributed by atoms with van der Waals surface area (Å²) in [4.78, 5) is 40.6. The van der Waals surface area contributed by atoms with Gasteiger partial charge in [0, 0.05) is 49.4 Å². The first-order chi connectivity index (χ1) is 24.5. The average Bonchev–Trinajstić information content (AvgIpc) is 3.35. The fraction of sp³-hybridized carbons (Fsp3) is 0.314. The molecule has 0 aliphatic carbocycles. The van der Waals surface area contributed by atoms with Crippen LogP contribution in [0.1, 0.15) is 39.0 Å². The zero-order valence-corrected chi connectivity index (χ0v) is 29.0. The molecule has 2 heterocycles. The Labute approximate surface area is 303 Å². The number of ether oxygens (including phenoxy) is 2. The SMILES string of the molecule is Cc1cc(C=C2SC(=S)N(CCC(=O)Nc3ccc(C(=O)O)cc3)C2=O)c(OCCN2CCOCC2)c(-c2cc(C(F)(F)F)cc(C(F)(F)F)c2)c1. The molecule has 52 heavy (non-hydrogen) atoms. The summed E-state index contributed by atoms with van der Waals surface area (Å²) in [6.07, 6.45) is -8.89. The molecule has 0 radical (unpaired) electrons. The van der Waals surface area contributed by atoms with E-state index in [1.807, 2.05) is 4.90 Å². The van der Waals surface area contributed by atoms with Crippen LogP contribution in [0.15, 0.2) is 59.5 Å². The van der Waals surface area contributed by atoms with Gasteiger partial charge in [0.1, 0.15) is 16.7 Å². The quantitative estimate of drug-likeness (QED) is 0.118. The van der Waals surface area contributed by atoms with Crippen LogP contribution >= 0.6 is 24.0 Å². The van der Waals surface area contributed by atoms with Gasteiger partial charge >= 0.3 is 18.3 Å². The zero-order chi connectivity index (χ0) is 37.8. The van der Waals surface area contributed by atoms with E-state index in [1.165, 1.54) is 41.3 Å². The number of benzene rings is 3. The van der Waals surface area contributed by atoms with Crippen LogP contribution in [0.2, 0.25) is 0 Å². The van der Waals surface area contributed by atoms with Crippen molar-refractivity contribution >= 4 is 57.8 Å². The first-order valence-electron chi connectivity index (χ1n) is 15.8. The summed E-state index contributed by atoms with van der Waals surface area (Å²) in [6.45, 7) is 4.12. The molecule has 2 aliphatic heterocycles. The van der Waals surface area contributed by atoms with E-state index in [0.29, 0.717) is 56.2 Å². The van der Waals surface area contributed by atoms with Gasteiger partial charge in [-0.2, -0.15) is 26.3 Å². The summed E-state index contributed by atoms with van der Waals surface area (Å²) >= 11 is 6.33. The molecule has 3 aromatic carbocycles. The number of morpholine rings is 1. The summed E-state index contributed by atoms with van der Waals surface area (Å²) in [5.41, 5.74) is -2.30. The van der Waals surface area contributed by atoms with Gasteiger partial charge in [-0.25, -0.2) is 4.79 Å². The number of thioether (sulfide) groups is 1. The molecule has 0 saturated carbocycles. The van der Waals surface area contributed by atoms with E-state index < -0.39 is 41.3 Å². The zero-order valence-electron chi connectivity index (χ0n) is 27.4. The predicted octanol–water partition coefficient (Wildman–Crippen LogP) is 7.34. The van der Waals surface area contributed by atoms with Crippen LogP contribution in [0.25, 0.3) is 17.2 Å². The van der Waals surface area contributed by atoms with Crippen molar-refractivity contribution in [3.63, 3.8) is 0 Å². The van der Waals surface area contributed by atoms with Crippen molar-refractivity contribution in [1.82, 2.24) is 9.80 Å². The Morgan fingerprint density at radius 3 is 2.21 bits per heavy atom. The van der Waals surface area contributed by atoms with Gasteiger partial charge in [0.05, 0.1) is 34.8 Å². The van der Waals surface area contributed by atoms with E-state index in [4.69, 9.17) is 26.8 Å². The lowest BCUT2D eigenvalue weighted by Crippen LogP contribution is -2.38. The molecular formula is C35H31F6N3O6S2. The van der Waals surface area contributed by atoms with Crippen molar-refractivity contribution in [2.75, 3.05) is 51.3 Å². The van der Waals surface area contributed by atoms with Crippen LogP contribution in [0.3, 0.4) is 0 Å². The fourth-order valence-electron chi connectivity index (χ4n) is 5.46. The highest BCUT2D eigenvalue weighted by Crippen LogP contribution is 2.43. The Morgan fingerprint density at radius 2 is 1.62 bits per heavy atom. The van der Waals surface area contributed by atoms with Crippen LogP contribution < -0.4 is 10.1 Å². The predicted molar refractivity (Wildman–Crippen MR) is 186 cm³/mol. The van der Waals surface area contributed by atoms with E-state index in [1.54, 1.807) is 13.0 Å². The molecular weight excluding hydrogens is 737 g/mol. The highest BCUT2D eigenvalue weighted by atomic mass is 32.2. The first kappa shape index (κ1) is 38.8. The second-order valence-electron chi connectivity index (χ2n) is 11.8. The lowest BCUT2D eigenvalue weighted by atomic mass is 9.94. The van der Waals surface area contributed by atoms with Gasteiger partial charge in [0.2, 0.25) is 5.91 Å². The molecule has 2 fully saturated rings. The normalized spacial score (nSPS) is 16.4. The van der Waals surface area contributed by atoms with E-state index in [2.05, 4.69) is 5.32 Å². The number of nitrogens with one attached hydrogen (secondary N) is 1. The van der Waals surface area contributed by atoms with Crippen LogP contribution in [0.4, 0.5) is 32.0 Å².